The number of esters is 1. The first-order chi connectivity index (χ1) is 8.06. The fourth-order valence-corrected chi connectivity index (χ4v) is 1.69. The molecule has 0 aliphatic carbocycles. The molecule has 2 aromatic carbocycles. The van der Waals surface area contributed by atoms with Gasteiger partial charge in [-0.1, -0.05) is 12.1 Å². The Morgan fingerprint density at radius 2 is 1.71 bits per heavy atom. The van der Waals surface area contributed by atoms with E-state index in [4.69, 9.17) is 16.3 Å². The van der Waals surface area contributed by atoms with Crippen LogP contribution >= 0.6 is 11.6 Å². The average Bonchev–Trinajstić information content (AvgIpc) is 2.27. The van der Waals surface area contributed by atoms with Gasteiger partial charge >= 0.3 is 5.97 Å². The highest BCUT2D eigenvalue weighted by atomic mass is 35.5. The molecule has 0 saturated heterocycles. The zero-order valence-electron chi connectivity index (χ0n) is 9.07. The summed E-state index contributed by atoms with van der Waals surface area (Å²) in [4.78, 5) is 21.8. The molecule has 0 saturated carbocycles. The lowest BCUT2D eigenvalue weighted by molar-refractivity contribution is -0.131. The summed E-state index contributed by atoms with van der Waals surface area (Å²) in [6, 6.07) is 10.3. The van der Waals surface area contributed by atoms with E-state index in [0.717, 1.165) is 10.8 Å². The summed E-state index contributed by atoms with van der Waals surface area (Å²) in [5, 5.41) is 1.26. The van der Waals surface area contributed by atoms with Crippen LogP contribution in [0.5, 0.6) is 5.75 Å². The van der Waals surface area contributed by atoms with Crippen molar-refractivity contribution in [2.45, 2.75) is 6.92 Å². The van der Waals surface area contributed by atoms with Crippen LogP contribution < -0.4 is 4.74 Å². The molecular formula is C13H9ClO3. The van der Waals surface area contributed by atoms with Gasteiger partial charge in [0.2, 0.25) is 0 Å². The van der Waals surface area contributed by atoms with E-state index in [1.807, 2.05) is 0 Å². The molecule has 0 aliphatic rings. The van der Waals surface area contributed by atoms with E-state index in [2.05, 4.69) is 0 Å². The van der Waals surface area contributed by atoms with Crippen LogP contribution in [0.4, 0.5) is 0 Å². The van der Waals surface area contributed by atoms with E-state index >= 15 is 0 Å². The molecule has 86 valence electrons. The summed E-state index contributed by atoms with van der Waals surface area (Å²) < 4.78 is 4.97. The Kier molecular flexibility index (Phi) is 3.11. The van der Waals surface area contributed by atoms with Crippen molar-refractivity contribution in [3.8, 4) is 5.75 Å². The molecule has 0 fully saturated rings. The Hall–Kier alpha value is -1.87. The van der Waals surface area contributed by atoms with Gasteiger partial charge in [-0.25, -0.2) is 0 Å². The molecule has 0 aromatic heterocycles. The molecule has 0 N–H and O–H groups in total. The van der Waals surface area contributed by atoms with Crippen molar-refractivity contribution in [2.75, 3.05) is 0 Å². The number of halogens is 1. The number of fused-ring (bicyclic) bond motifs is 1. The molecule has 0 aliphatic heterocycles. The summed E-state index contributed by atoms with van der Waals surface area (Å²) in [6.45, 7) is 1.35. The lowest BCUT2D eigenvalue weighted by atomic mass is 10.1. The van der Waals surface area contributed by atoms with Crippen LogP contribution in [0.15, 0.2) is 36.4 Å². The maximum absolute atomic E-state index is 11.0. The number of rotatable bonds is 2. The maximum atomic E-state index is 11.0. The molecular weight excluding hydrogens is 240 g/mol. The molecule has 3 nitrogen and oxygen atoms in total. The quantitative estimate of drug-likeness (QED) is 0.466. The Morgan fingerprint density at radius 3 is 2.35 bits per heavy atom. The fraction of sp³-hybridized carbons (Fsp3) is 0.0769. The Balaban J connectivity index is 2.46. The highest BCUT2D eigenvalue weighted by Gasteiger charge is 2.04. The average molecular weight is 249 g/mol. The van der Waals surface area contributed by atoms with Gasteiger partial charge in [-0.2, -0.15) is 0 Å². The van der Waals surface area contributed by atoms with Gasteiger partial charge in [0.1, 0.15) is 5.75 Å². The first-order valence-electron chi connectivity index (χ1n) is 4.98. The number of ether oxygens (including phenoxy) is 1. The van der Waals surface area contributed by atoms with Crippen LogP contribution in [0.25, 0.3) is 10.8 Å². The third kappa shape index (κ3) is 2.63. The number of carbonyl (C=O) groups is 2. The van der Waals surface area contributed by atoms with Gasteiger partial charge in [-0.15, -0.1) is 0 Å². The second-order valence-electron chi connectivity index (χ2n) is 3.59. The molecule has 17 heavy (non-hydrogen) atoms. The molecule has 2 aromatic rings. The van der Waals surface area contributed by atoms with Crippen LogP contribution in [-0.2, 0) is 4.79 Å². The molecule has 0 unspecified atom stereocenters. The normalized spacial score (nSPS) is 10.2. The minimum atomic E-state index is -0.490. The first-order valence-corrected chi connectivity index (χ1v) is 5.36. The largest absolute Gasteiger partial charge is 0.427 e. The maximum Gasteiger partial charge on any atom is 0.308 e. The summed E-state index contributed by atoms with van der Waals surface area (Å²) in [7, 11) is 0. The standard InChI is InChI=1S/C13H9ClO3/c1-8(15)17-12-5-4-9-6-11(13(14)16)3-2-10(9)7-12/h2-7H,1H3. The van der Waals surface area contributed by atoms with Gasteiger partial charge in [-0.05, 0) is 46.6 Å². The second kappa shape index (κ2) is 4.55. The molecule has 4 heteroatoms. The highest BCUT2D eigenvalue weighted by molar-refractivity contribution is 6.67. The van der Waals surface area contributed by atoms with E-state index in [0.29, 0.717) is 11.3 Å². The Bertz CT molecular complexity index is 605. The van der Waals surface area contributed by atoms with Crippen molar-refractivity contribution < 1.29 is 14.3 Å². The summed E-state index contributed by atoms with van der Waals surface area (Å²) in [5.41, 5.74) is 0.444. The van der Waals surface area contributed by atoms with E-state index in [9.17, 15) is 9.59 Å². The Labute approximate surface area is 103 Å². The predicted molar refractivity (Wildman–Crippen MR) is 65.4 cm³/mol. The van der Waals surface area contributed by atoms with Crippen LogP contribution in [0.2, 0.25) is 0 Å². The summed E-state index contributed by atoms with van der Waals surface area (Å²) in [5.74, 6) is 0.117. The van der Waals surface area contributed by atoms with E-state index in [1.165, 1.54) is 6.92 Å². The molecule has 0 heterocycles. The highest BCUT2D eigenvalue weighted by Crippen LogP contribution is 2.22. The smallest absolute Gasteiger partial charge is 0.308 e. The molecule has 0 bridgehead atoms. The van der Waals surface area contributed by atoms with Gasteiger partial charge < -0.3 is 4.74 Å². The van der Waals surface area contributed by atoms with Crippen LogP contribution in [-0.4, -0.2) is 11.2 Å². The fourth-order valence-electron chi connectivity index (χ4n) is 1.58. The first kappa shape index (κ1) is 11.6. The zero-order valence-corrected chi connectivity index (χ0v) is 9.82. The van der Waals surface area contributed by atoms with Crippen molar-refractivity contribution in [3.63, 3.8) is 0 Å². The number of hydrogen-bond donors (Lipinski definition) is 0. The monoisotopic (exact) mass is 248 g/mol. The van der Waals surface area contributed by atoms with Crippen LogP contribution in [0.3, 0.4) is 0 Å². The van der Waals surface area contributed by atoms with E-state index < -0.39 is 5.24 Å². The van der Waals surface area contributed by atoms with Crippen LogP contribution in [0.1, 0.15) is 17.3 Å². The van der Waals surface area contributed by atoms with Crippen LogP contribution in [0, 0.1) is 0 Å². The van der Waals surface area contributed by atoms with Crippen molar-refractivity contribution in [3.05, 3.63) is 42.0 Å². The van der Waals surface area contributed by atoms with Crippen molar-refractivity contribution in [2.24, 2.45) is 0 Å². The van der Waals surface area contributed by atoms with E-state index in [-0.39, 0.29) is 5.97 Å². The predicted octanol–water partition coefficient (Wildman–Crippen LogP) is 3.14. The molecule has 2 rings (SSSR count). The Morgan fingerprint density at radius 1 is 1.06 bits per heavy atom. The van der Waals surface area contributed by atoms with Gasteiger partial charge in [0.15, 0.2) is 0 Å². The molecule has 0 spiro atoms. The van der Waals surface area contributed by atoms with Gasteiger partial charge in [0, 0.05) is 12.5 Å². The topological polar surface area (TPSA) is 43.4 Å². The van der Waals surface area contributed by atoms with Gasteiger partial charge in [-0.3, -0.25) is 9.59 Å². The number of carbonyl (C=O) groups excluding carboxylic acids is 2. The lowest BCUT2D eigenvalue weighted by Gasteiger charge is -2.04. The third-order valence-electron chi connectivity index (χ3n) is 2.30. The summed E-state index contributed by atoms with van der Waals surface area (Å²) >= 11 is 5.40. The lowest BCUT2D eigenvalue weighted by Crippen LogP contribution is -2.00. The molecule has 0 atom stereocenters. The van der Waals surface area contributed by atoms with Gasteiger partial charge in [0.25, 0.3) is 5.24 Å². The third-order valence-corrected chi connectivity index (χ3v) is 2.52. The zero-order chi connectivity index (χ0) is 12.4. The second-order valence-corrected chi connectivity index (χ2v) is 3.93. The van der Waals surface area contributed by atoms with Crippen molar-refractivity contribution >= 4 is 33.6 Å². The minimum Gasteiger partial charge on any atom is -0.427 e. The van der Waals surface area contributed by atoms with Crippen molar-refractivity contribution in [1.29, 1.82) is 0 Å². The molecule has 0 radical (unpaired) electrons. The van der Waals surface area contributed by atoms with E-state index in [1.54, 1.807) is 36.4 Å². The number of benzene rings is 2. The van der Waals surface area contributed by atoms with Crippen molar-refractivity contribution in [1.82, 2.24) is 0 Å². The van der Waals surface area contributed by atoms with Gasteiger partial charge in [0.05, 0.1) is 0 Å². The SMILES string of the molecule is CC(=O)Oc1ccc2cc(C(=O)Cl)ccc2c1. The number of hydrogen-bond acceptors (Lipinski definition) is 3. The summed E-state index contributed by atoms with van der Waals surface area (Å²) in [6.07, 6.45) is 0. The minimum absolute atomic E-state index is 0.364. The molecule has 0 amide bonds.